The number of allylic oxidation sites excluding steroid dienone is 3. The Kier molecular flexibility index (Phi) is 6.67. The topological polar surface area (TPSA) is 3.24 Å². The maximum Gasteiger partial charge on any atom is 0.0360 e. The number of hydrogen-bond donors (Lipinski definition) is 1. The molecule has 0 heterocycles. The van der Waals surface area contributed by atoms with E-state index in [9.17, 15) is 0 Å². The summed E-state index contributed by atoms with van der Waals surface area (Å²) in [5, 5.41) is 0. The third-order valence-electron chi connectivity index (χ3n) is 1.61. The highest BCUT2D eigenvalue weighted by molar-refractivity contribution is 7.80. The van der Waals surface area contributed by atoms with Crippen molar-refractivity contribution in [2.45, 2.75) is 6.92 Å². The lowest BCUT2D eigenvalue weighted by atomic mass is 10.3. The van der Waals surface area contributed by atoms with E-state index in [2.05, 4.69) is 37.6 Å². The zero-order valence-electron chi connectivity index (χ0n) is 7.66. The van der Waals surface area contributed by atoms with Crippen LogP contribution >= 0.6 is 12.6 Å². The first-order valence-electron chi connectivity index (χ1n) is 4.11. The van der Waals surface area contributed by atoms with E-state index in [1.165, 1.54) is 0 Å². The van der Waals surface area contributed by atoms with Gasteiger partial charge in [-0.3, -0.25) is 0 Å². The molecule has 12 heavy (non-hydrogen) atoms. The van der Waals surface area contributed by atoms with E-state index < -0.39 is 0 Å². The summed E-state index contributed by atoms with van der Waals surface area (Å²) in [4.78, 5) is 2.21. The van der Waals surface area contributed by atoms with Gasteiger partial charge in [0.15, 0.2) is 0 Å². The molecule has 0 atom stereocenters. The number of nitrogens with zero attached hydrogens (tertiary/aromatic N) is 1. The van der Waals surface area contributed by atoms with Crippen LogP contribution in [0.25, 0.3) is 0 Å². The van der Waals surface area contributed by atoms with Crippen LogP contribution in [0.2, 0.25) is 0 Å². The van der Waals surface area contributed by atoms with Gasteiger partial charge in [-0.15, -0.1) is 0 Å². The van der Waals surface area contributed by atoms with Gasteiger partial charge < -0.3 is 4.90 Å². The average Bonchev–Trinajstić information content (AvgIpc) is 2.11. The van der Waals surface area contributed by atoms with E-state index in [1.807, 2.05) is 12.2 Å². The van der Waals surface area contributed by atoms with E-state index in [0.29, 0.717) is 0 Å². The molecular weight excluding hydrogens is 166 g/mol. The SMILES string of the molecule is C=C/C=C(\C=C)N(CC)CCS. The smallest absolute Gasteiger partial charge is 0.0360 e. The molecule has 0 saturated carbocycles. The Morgan fingerprint density at radius 3 is 2.50 bits per heavy atom. The van der Waals surface area contributed by atoms with Crippen LogP contribution in [0.1, 0.15) is 6.92 Å². The van der Waals surface area contributed by atoms with Gasteiger partial charge in [0.05, 0.1) is 0 Å². The minimum absolute atomic E-state index is 0.857. The zero-order chi connectivity index (χ0) is 9.40. The summed E-state index contributed by atoms with van der Waals surface area (Å²) in [6.07, 6.45) is 5.58. The maximum atomic E-state index is 4.19. The Morgan fingerprint density at radius 2 is 2.17 bits per heavy atom. The third-order valence-corrected chi connectivity index (χ3v) is 1.81. The van der Waals surface area contributed by atoms with E-state index in [-0.39, 0.29) is 0 Å². The number of rotatable bonds is 6. The molecule has 0 rings (SSSR count). The molecule has 0 aliphatic heterocycles. The van der Waals surface area contributed by atoms with E-state index >= 15 is 0 Å². The molecule has 0 spiro atoms. The minimum atomic E-state index is 0.857. The summed E-state index contributed by atoms with van der Waals surface area (Å²) in [5.41, 5.74) is 1.11. The largest absolute Gasteiger partial charge is 0.371 e. The molecule has 0 aromatic heterocycles. The molecule has 1 nitrogen and oxygen atoms in total. The van der Waals surface area contributed by atoms with Gasteiger partial charge >= 0.3 is 0 Å². The fraction of sp³-hybridized carbons (Fsp3) is 0.400. The molecule has 0 unspecified atom stereocenters. The Balaban J connectivity index is 4.31. The maximum absolute atomic E-state index is 4.19. The Bertz CT molecular complexity index is 173. The molecule has 0 N–H and O–H groups in total. The fourth-order valence-electron chi connectivity index (χ4n) is 1.01. The number of likely N-dealkylation sites (N-methyl/N-ethyl adjacent to an activating group) is 1. The molecule has 0 saturated heterocycles. The molecule has 0 radical (unpaired) electrons. The first-order chi connectivity index (χ1) is 5.79. The van der Waals surface area contributed by atoms with Gasteiger partial charge in [-0.2, -0.15) is 12.6 Å². The second kappa shape index (κ2) is 7.04. The fourth-order valence-corrected chi connectivity index (χ4v) is 1.26. The molecule has 0 fully saturated rings. The summed E-state index contributed by atoms with van der Waals surface area (Å²) >= 11 is 4.19. The third kappa shape index (κ3) is 3.67. The van der Waals surface area contributed by atoms with E-state index in [1.54, 1.807) is 6.08 Å². The molecule has 0 bridgehead atoms. The normalized spacial score (nSPS) is 11.0. The lowest BCUT2D eigenvalue weighted by Gasteiger charge is -2.22. The summed E-state index contributed by atoms with van der Waals surface area (Å²) in [6.45, 7) is 11.4. The van der Waals surface area contributed by atoms with Gasteiger partial charge in [-0.25, -0.2) is 0 Å². The summed E-state index contributed by atoms with van der Waals surface area (Å²) in [5.74, 6) is 0.857. The highest BCUT2D eigenvalue weighted by Crippen LogP contribution is 2.05. The molecule has 0 aromatic carbocycles. The molecule has 0 amide bonds. The predicted octanol–water partition coefficient (Wildman–Crippen LogP) is 2.49. The summed E-state index contributed by atoms with van der Waals surface area (Å²) in [7, 11) is 0. The van der Waals surface area contributed by atoms with Crippen LogP contribution in [0.4, 0.5) is 0 Å². The molecule has 2 heteroatoms. The molecule has 0 aliphatic rings. The predicted molar refractivity (Wildman–Crippen MR) is 59.6 cm³/mol. The van der Waals surface area contributed by atoms with Crippen molar-refractivity contribution >= 4 is 12.6 Å². The molecule has 0 aromatic rings. The second-order valence-electron chi connectivity index (χ2n) is 2.33. The van der Waals surface area contributed by atoms with Gasteiger partial charge in [0.25, 0.3) is 0 Å². The van der Waals surface area contributed by atoms with Gasteiger partial charge in [-0.05, 0) is 19.1 Å². The second-order valence-corrected chi connectivity index (χ2v) is 2.78. The van der Waals surface area contributed by atoms with Crippen LogP contribution in [0.15, 0.2) is 37.1 Å². The van der Waals surface area contributed by atoms with E-state index in [0.717, 1.165) is 24.5 Å². The van der Waals surface area contributed by atoms with Crippen LogP contribution in [0.3, 0.4) is 0 Å². The standard InChI is InChI=1S/C10H17NS/c1-4-7-10(5-2)11(6-3)8-9-12/h4-5,7,12H,1-2,6,8-9H2,3H3/b10-7+. The van der Waals surface area contributed by atoms with Crippen molar-refractivity contribution in [3.05, 3.63) is 37.1 Å². The molecule has 0 aliphatic carbocycles. The Labute approximate surface area is 80.9 Å². The van der Waals surface area contributed by atoms with E-state index in [4.69, 9.17) is 0 Å². The quantitative estimate of drug-likeness (QED) is 0.489. The lowest BCUT2D eigenvalue weighted by molar-refractivity contribution is 0.398. The van der Waals surface area contributed by atoms with Crippen molar-refractivity contribution in [2.75, 3.05) is 18.8 Å². The number of hydrogen-bond acceptors (Lipinski definition) is 2. The number of thiol groups is 1. The highest BCUT2D eigenvalue weighted by Gasteiger charge is 2.00. The van der Waals surface area contributed by atoms with Gasteiger partial charge in [0.2, 0.25) is 0 Å². The zero-order valence-corrected chi connectivity index (χ0v) is 8.56. The first kappa shape index (κ1) is 11.4. The van der Waals surface area contributed by atoms with Gasteiger partial charge in [-0.1, -0.05) is 19.2 Å². The van der Waals surface area contributed by atoms with Crippen molar-refractivity contribution in [1.82, 2.24) is 4.90 Å². The first-order valence-corrected chi connectivity index (χ1v) is 4.74. The molecule has 68 valence electrons. The van der Waals surface area contributed by atoms with Crippen molar-refractivity contribution < 1.29 is 0 Å². The van der Waals surface area contributed by atoms with Crippen LogP contribution in [0.5, 0.6) is 0 Å². The van der Waals surface area contributed by atoms with Crippen LogP contribution in [-0.2, 0) is 0 Å². The monoisotopic (exact) mass is 183 g/mol. The summed E-state index contributed by atoms with van der Waals surface area (Å²) < 4.78 is 0. The summed E-state index contributed by atoms with van der Waals surface area (Å²) in [6, 6.07) is 0. The van der Waals surface area contributed by atoms with Gasteiger partial charge in [0.1, 0.15) is 0 Å². The Hall–Kier alpha value is -0.630. The van der Waals surface area contributed by atoms with Crippen molar-refractivity contribution in [2.24, 2.45) is 0 Å². The highest BCUT2D eigenvalue weighted by atomic mass is 32.1. The van der Waals surface area contributed by atoms with Gasteiger partial charge in [0, 0.05) is 24.5 Å². The van der Waals surface area contributed by atoms with Crippen LogP contribution in [-0.4, -0.2) is 23.7 Å². The minimum Gasteiger partial charge on any atom is -0.371 e. The average molecular weight is 183 g/mol. The van der Waals surface area contributed by atoms with Crippen molar-refractivity contribution in [3.8, 4) is 0 Å². The van der Waals surface area contributed by atoms with Crippen LogP contribution < -0.4 is 0 Å². The Morgan fingerprint density at radius 1 is 1.50 bits per heavy atom. The molecular formula is C10H17NS. The lowest BCUT2D eigenvalue weighted by Crippen LogP contribution is -2.23. The van der Waals surface area contributed by atoms with Crippen molar-refractivity contribution in [3.63, 3.8) is 0 Å². The van der Waals surface area contributed by atoms with Crippen LogP contribution in [0, 0.1) is 0 Å². The van der Waals surface area contributed by atoms with Crippen molar-refractivity contribution in [1.29, 1.82) is 0 Å².